The summed E-state index contributed by atoms with van der Waals surface area (Å²) >= 11 is 0. The third-order valence-corrected chi connectivity index (χ3v) is 10.9. The topological polar surface area (TPSA) is 141 Å². The highest BCUT2D eigenvalue weighted by molar-refractivity contribution is 5.91. The van der Waals surface area contributed by atoms with E-state index >= 15 is 0 Å². The number of ether oxygens (including phenoxy) is 1. The molecule has 3 aromatic rings. The lowest BCUT2D eigenvalue weighted by Crippen LogP contribution is -2.60. The number of carboxylic acids is 1. The number of rotatable bonds is 12. The molecule has 46 heavy (non-hydrogen) atoms. The molecule has 0 saturated heterocycles. The number of hydrogen-bond acceptors (Lipinski definition) is 5. The molecule has 1 heterocycles. The maximum absolute atomic E-state index is 14.4. The molecule has 2 aliphatic carbocycles. The standard InChI is InChI=1S/C36H46N4O6/c1-34(2)25-17-18-35(34,3)29(19-25)46-33(45)39-36(4,20-24-21-37-27-14-10-9-13-26(24)27)32(44)40(5)22-28(23-11-7-6-8-12-23)38-30(41)15-16-31(42)43/h6-14,21,25,28-29,37H,15-20,22H2,1-5H3,(H,38,41)(H,39,45)(H,42,43). The second-order valence-electron chi connectivity index (χ2n) is 14.1. The van der Waals surface area contributed by atoms with Crippen LogP contribution in [0.1, 0.15) is 77.0 Å². The number of nitrogens with one attached hydrogen (secondary N) is 3. The molecule has 10 nitrogen and oxygen atoms in total. The number of aromatic amines is 1. The summed E-state index contributed by atoms with van der Waals surface area (Å²) < 4.78 is 6.13. The molecule has 2 aromatic carbocycles. The number of aromatic nitrogens is 1. The van der Waals surface area contributed by atoms with Crippen LogP contribution in [0.15, 0.2) is 60.8 Å². The van der Waals surface area contributed by atoms with Gasteiger partial charge in [0.2, 0.25) is 11.8 Å². The zero-order valence-corrected chi connectivity index (χ0v) is 27.4. The van der Waals surface area contributed by atoms with Gasteiger partial charge in [0.05, 0.1) is 12.5 Å². The molecule has 10 heteroatoms. The van der Waals surface area contributed by atoms with Crippen LogP contribution in [0.25, 0.3) is 10.9 Å². The van der Waals surface area contributed by atoms with Crippen molar-refractivity contribution in [1.82, 2.24) is 20.5 Å². The quantitative estimate of drug-likeness (QED) is 0.206. The van der Waals surface area contributed by atoms with Crippen LogP contribution in [0.4, 0.5) is 4.79 Å². The van der Waals surface area contributed by atoms with E-state index < -0.39 is 29.6 Å². The molecule has 5 atom stereocenters. The molecule has 2 saturated carbocycles. The van der Waals surface area contributed by atoms with E-state index in [9.17, 15) is 19.2 Å². The second-order valence-corrected chi connectivity index (χ2v) is 14.1. The molecular weight excluding hydrogens is 584 g/mol. The molecule has 0 aliphatic heterocycles. The number of benzene rings is 2. The van der Waals surface area contributed by atoms with Crippen molar-refractivity contribution in [1.29, 1.82) is 0 Å². The van der Waals surface area contributed by atoms with Gasteiger partial charge in [0.25, 0.3) is 0 Å². The number of fused-ring (bicyclic) bond motifs is 3. The summed E-state index contributed by atoms with van der Waals surface area (Å²) in [5, 5.41) is 15.9. The number of carbonyl (C=O) groups is 4. The minimum atomic E-state index is -1.39. The van der Waals surface area contributed by atoms with Crippen LogP contribution in [0.3, 0.4) is 0 Å². The van der Waals surface area contributed by atoms with E-state index in [2.05, 4.69) is 36.4 Å². The number of aliphatic carboxylic acids is 1. The van der Waals surface area contributed by atoms with Gasteiger partial charge in [-0.15, -0.1) is 0 Å². The number of alkyl carbamates (subject to hydrolysis) is 1. The molecule has 0 spiro atoms. The lowest BCUT2D eigenvalue weighted by atomic mass is 9.70. The molecule has 0 radical (unpaired) electrons. The number of nitrogens with zero attached hydrogens (tertiary/aromatic N) is 1. The Morgan fingerprint density at radius 1 is 1.07 bits per heavy atom. The van der Waals surface area contributed by atoms with E-state index in [0.717, 1.165) is 41.3 Å². The summed E-state index contributed by atoms with van der Waals surface area (Å²) in [6, 6.07) is 16.4. The summed E-state index contributed by atoms with van der Waals surface area (Å²) in [5.74, 6) is -1.36. The second kappa shape index (κ2) is 12.8. The molecule has 2 bridgehead atoms. The van der Waals surface area contributed by atoms with E-state index in [1.54, 1.807) is 14.0 Å². The number of para-hydroxylation sites is 1. The van der Waals surface area contributed by atoms with Gasteiger partial charge in [-0.2, -0.15) is 0 Å². The Morgan fingerprint density at radius 2 is 1.76 bits per heavy atom. The van der Waals surface area contributed by atoms with Crippen LogP contribution in [0.2, 0.25) is 0 Å². The molecule has 2 fully saturated rings. The highest BCUT2D eigenvalue weighted by atomic mass is 16.6. The summed E-state index contributed by atoms with van der Waals surface area (Å²) in [4.78, 5) is 56.6. The van der Waals surface area contributed by atoms with Crippen LogP contribution in [0.5, 0.6) is 0 Å². The first-order valence-corrected chi connectivity index (χ1v) is 16.1. The number of likely N-dealkylation sites (N-methyl/N-ethyl adjacent to an activating group) is 1. The molecule has 5 rings (SSSR count). The Balaban J connectivity index is 1.38. The number of amides is 3. The highest BCUT2D eigenvalue weighted by Gasteiger charge is 2.63. The van der Waals surface area contributed by atoms with Crippen molar-refractivity contribution in [3.8, 4) is 0 Å². The molecule has 3 amide bonds. The third kappa shape index (κ3) is 6.48. The minimum absolute atomic E-state index is 0.0582. The number of hydrogen-bond donors (Lipinski definition) is 4. The van der Waals surface area contributed by atoms with Crippen molar-refractivity contribution in [3.63, 3.8) is 0 Å². The van der Waals surface area contributed by atoms with Crippen molar-refractivity contribution in [2.75, 3.05) is 13.6 Å². The van der Waals surface area contributed by atoms with Crippen molar-refractivity contribution in [2.45, 2.75) is 83.9 Å². The van der Waals surface area contributed by atoms with Gasteiger partial charge in [0.1, 0.15) is 11.6 Å². The normalized spacial score (nSPS) is 23.3. The minimum Gasteiger partial charge on any atom is -0.481 e. The monoisotopic (exact) mass is 630 g/mol. The van der Waals surface area contributed by atoms with Gasteiger partial charge < -0.3 is 30.4 Å². The summed E-state index contributed by atoms with van der Waals surface area (Å²) in [5.41, 5.74) is 1.10. The van der Waals surface area contributed by atoms with E-state index in [1.165, 1.54) is 4.90 Å². The Morgan fingerprint density at radius 3 is 2.41 bits per heavy atom. The van der Waals surface area contributed by atoms with E-state index in [-0.39, 0.29) is 48.6 Å². The molecule has 2 aliphatic rings. The maximum Gasteiger partial charge on any atom is 0.408 e. The number of carboxylic acid groups (broad SMARTS) is 1. The Bertz CT molecular complexity index is 1600. The van der Waals surface area contributed by atoms with Crippen molar-refractivity contribution in [3.05, 3.63) is 71.9 Å². The Kier molecular flexibility index (Phi) is 9.20. The Labute approximate surface area is 270 Å². The predicted molar refractivity (Wildman–Crippen MR) is 175 cm³/mol. The summed E-state index contributed by atoms with van der Waals surface area (Å²) in [6.45, 7) is 8.53. The maximum atomic E-state index is 14.4. The molecule has 5 unspecified atom stereocenters. The fraction of sp³-hybridized carbons (Fsp3) is 0.500. The van der Waals surface area contributed by atoms with Crippen LogP contribution in [-0.4, -0.2) is 64.1 Å². The van der Waals surface area contributed by atoms with Crippen molar-refractivity contribution >= 4 is 34.8 Å². The Hall–Kier alpha value is -4.34. The number of H-pyrrole nitrogens is 1. The smallest absolute Gasteiger partial charge is 0.408 e. The largest absolute Gasteiger partial charge is 0.481 e. The lowest BCUT2D eigenvalue weighted by Gasteiger charge is -2.39. The SMILES string of the molecule is CN(CC(NC(=O)CCC(=O)O)c1ccccc1)C(=O)C(C)(Cc1c[nH]c2ccccc12)NC(=O)OC1CC2CCC1(C)C2(C)C. The first-order valence-electron chi connectivity index (χ1n) is 16.1. The fourth-order valence-electron chi connectivity index (χ4n) is 7.71. The van der Waals surface area contributed by atoms with Gasteiger partial charge in [-0.05, 0) is 54.7 Å². The molecule has 1 aromatic heterocycles. The first kappa shape index (κ1) is 33.0. The highest BCUT2D eigenvalue weighted by Crippen LogP contribution is 2.66. The van der Waals surface area contributed by atoms with Gasteiger partial charge in [-0.1, -0.05) is 69.3 Å². The van der Waals surface area contributed by atoms with Gasteiger partial charge in [-0.3, -0.25) is 14.4 Å². The zero-order valence-electron chi connectivity index (χ0n) is 27.4. The van der Waals surface area contributed by atoms with Crippen molar-refractivity contribution in [2.24, 2.45) is 16.7 Å². The van der Waals surface area contributed by atoms with Crippen molar-refractivity contribution < 1.29 is 29.0 Å². The lowest BCUT2D eigenvalue weighted by molar-refractivity contribution is -0.139. The van der Waals surface area contributed by atoms with Gasteiger partial charge in [-0.25, -0.2) is 4.79 Å². The third-order valence-electron chi connectivity index (χ3n) is 10.9. The van der Waals surface area contributed by atoms with Crippen LogP contribution in [-0.2, 0) is 25.5 Å². The average molecular weight is 631 g/mol. The molecular formula is C36H46N4O6. The average Bonchev–Trinajstić information content (AvgIpc) is 3.58. The van der Waals surface area contributed by atoms with E-state index in [1.807, 2.05) is 60.8 Å². The predicted octanol–water partition coefficient (Wildman–Crippen LogP) is 5.59. The first-order chi connectivity index (χ1) is 21.7. The van der Waals surface area contributed by atoms with Crippen LogP contribution < -0.4 is 10.6 Å². The molecule has 246 valence electrons. The zero-order chi connectivity index (χ0) is 33.3. The fourth-order valence-corrected chi connectivity index (χ4v) is 7.71. The van der Waals surface area contributed by atoms with E-state index in [4.69, 9.17) is 9.84 Å². The van der Waals surface area contributed by atoms with E-state index in [0.29, 0.717) is 5.92 Å². The summed E-state index contributed by atoms with van der Waals surface area (Å²) in [7, 11) is 1.64. The van der Waals surface area contributed by atoms with Crippen LogP contribution in [0, 0.1) is 16.7 Å². The summed E-state index contributed by atoms with van der Waals surface area (Å²) in [6.07, 6.45) is 3.65. The molecule has 4 N–H and O–H groups in total. The van der Waals surface area contributed by atoms with Gasteiger partial charge in [0, 0.05) is 48.9 Å². The van der Waals surface area contributed by atoms with Gasteiger partial charge in [0.15, 0.2) is 0 Å². The number of carbonyl (C=O) groups excluding carboxylic acids is 3. The van der Waals surface area contributed by atoms with Gasteiger partial charge >= 0.3 is 12.1 Å². The van der Waals surface area contributed by atoms with Crippen LogP contribution >= 0.6 is 0 Å².